The van der Waals surface area contributed by atoms with Gasteiger partial charge < -0.3 is 11.1 Å². The number of carbonyl (C=O) groups is 1. The van der Waals surface area contributed by atoms with E-state index in [9.17, 15) is 4.79 Å². The third kappa shape index (κ3) is 4.39. The SMILES string of the molecule is NC1CCCC(C(=O)Nc2ccc(Cc3ccncc3)cc2)C1. The fourth-order valence-corrected chi connectivity index (χ4v) is 3.15. The maximum atomic E-state index is 12.3. The molecular formula is C19H23N3O. The van der Waals surface area contributed by atoms with E-state index in [4.69, 9.17) is 5.73 Å². The number of benzene rings is 1. The molecule has 1 aliphatic carbocycles. The number of amides is 1. The summed E-state index contributed by atoms with van der Waals surface area (Å²) in [6.45, 7) is 0. The molecule has 1 aromatic carbocycles. The lowest BCUT2D eigenvalue weighted by molar-refractivity contribution is -0.120. The second-order valence-corrected chi connectivity index (χ2v) is 6.34. The van der Waals surface area contributed by atoms with Crippen LogP contribution in [0.15, 0.2) is 48.8 Å². The van der Waals surface area contributed by atoms with Gasteiger partial charge in [-0.1, -0.05) is 18.6 Å². The summed E-state index contributed by atoms with van der Waals surface area (Å²) in [6.07, 6.45) is 8.30. The molecule has 2 aromatic rings. The van der Waals surface area contributed by atoms with E-state index < -0.39 is 0 Å². The fourth-order valence-electron chi connectivity index (χ4n) is 3.15. The highest BCUT2D eigenvalue weighted by Gasteiger charge is 2.25. The smallest absolute Gasteiger partial charge is 0.227 e. The molecule has 1 aromatic heterocycles. The highest BCUT2D eigenvalue weighted by molar-refractivity contribution is 5.92. The summed E-state index contributed by atoms with van der Waals surface area (Å²) in [5.41, 5.74) is 9.27. The first-order valence-corrected chi connectivity index (χ1v) is 8.25. The lowest BCUT2D eigenvalue weighted by Gasteiger charge is -2.25. The van der Waals surface area contributed by atoms with Crippen molar-refractivity contribution in [3.05, 3.63) is 59.9 Å². The van der Waals surface area contributed by atoms with Crippen LogP contribution in [0.5, 0.6) is 0 Å². The van der Waals surface area contributed by atoms with E-state index in [0.29, 0.717) is 0 Å². The first kappa shape index (κ1) is 15.7. The van der Waals surface area contributed by atoms with Crippen LogP contribution in [-0.4, -0.2) is 16.9 Å². The predicted molar refractivity (Wildman–Crippen MR) is 92.0 cm³/mol. The standard InChI is InChI=1S/C19H23N3O/c20-17-3-1-2-16(13-17)19(23)22-18-6-4-14(5-7-18)12-15-8-10-21-11-9-15/h4-11,16-17H,1-3,12-13,20H2,(H,22,23). The summed E-state index contributed by atoms with van der Waals surface area (Å²) in [4.78, 5) is 16.3. The summed E-state index contributed by atoms with van der Waals surface area (Å²) >= 11 is 0. The number of aromatic nitrogens is 1. The van der Waals surface area contributed by atoms with Gasteiger partial charge in [0, 0.05) is 30.0 Å². The molecule has 0 radical (unpaired) electrons. The number of anilines is 1. The molecule has 3 N–H and O–H groups in total. The highest BCUT2D eigenvalue weighted by atomic mass is 16.1. The summed E-state index contributed by atoms with van der Waals surface area (Å²) < 4.78 is 0. The number of nitrogens with two attached hydrogens (primary N) is 1. The van der Waals surface area contributed by atoms with Crippen molar-refractivity contribution in [3.8, 4) is 0 Å². The fraction of sp³-hybridized carbons (Fsp3) is 0.368. The van der Waals surface area contributed by atoms with Crippen molar-refractivity contribution < 1.29 is 4.79 Å². The minimum atomic E-state index is 0.0512. The Balaban J connectivity index is 1.58. The van der Waals surface area contributed by atoms with E-state index >= 15 is 0 Å². The molecule has 0 bridgehead atoms. The second kappa shape index (κ2) is 7.38. The van der Waals surface area contributed by atoms with E-state index in [1.54, 1.807) is 12.4 Å². The van der Waals surface area contributed by atoms with Crippen LogP contribution in [0.1, 0.15) is 36.8 Å². The molecule has 4 nitrogen and oxygen atoms in total. The maximum Gasteiger partial charge on any atom is 0.227 e. The molecule has 1 amide bonds. The van der Waals surface area contributed by atoms with E-state index in [1.165, 1.54) is 11.1 Å². The average Bonchev–Trinajstić information content (AvgIpc) is 2.57. The van der Waals surface area contributed by atoms with E-state index in [1.807, 2.05) is 24.3 Å². The Labute approximate surface area is 137 Å². The van der Waals surface area contributed by atoms with Gasteiger partial charge in [0.25, 0.3) is 0 Å². The molecule has 120 valence electrons. The zero-order valence-corrected chi connectivity index (χ0v) is 13.2. The van der Waals surface area contributed by atoms with Crippen molar-refractivity contribution in [3.63, 3.8) is 0 Å². The Morgan fingerprint density at radius 3 is 2.48 bits per heavy atom. The number of pyridine rings is 1. The van der Waals surface area contributed by atoms with Crippen molar-refractivity contribution in [2.75, 3.05) is 5.32 Å². The minimum Gasteiger partial charge on any atom is -0.328 e. The molecular weight excluding hydrogens is 286 g/mol. The van der Waals surface area contributed by atoms with Crippen LogP contribution in [-0.2, 0) is 11.2 Å². The van der Waals surface area contributed by atoms with Gasteiger partial charge in [-0.25, -0.2) is 0 Å². The van der Waals surface area contributed by atoms with Gasteiger partial charge in [-0.05, 0) is 61.1 Å². The maximum absolute atomic E-state index is 12.3. The van der Waals surface area contributed by atoms with Crippen molar-refractivity contribution in [1.82, 2.24) is 4.98 Å². The summed E-state index contributed by atoms with van der Waals surface area (Å²) in [5, 5.41) is 3.02. The number of hydrogen-bond acceptors (Lipinski definition) is 3. The van der Waals surface area contributed by atoms with Crippen LogP contribution in [0.3, 0.4) is 0 Å². The molecule has 3 rings (SSSR count). The summed E-state index contributed by atoms with van der Waals surface area (Å²) in [6, 6.07) is 12.3. The molecule has 1 saturated carbocycles. The van der Waals surface area contributed by atoms with Crippen LogP contribution in [0.25, 0.3) is 0 Å². The van der Waals surface area contributed by atoms with E-state index in [2.05, 4.69) is 22.4 Å². The Morgan fingerprint density at radius 2 is 1.78 bits per heavy atom. The first-order valence-electron chi connectivity index (χ1n) is 8.25. The first-order chi connectivity index (χ1) is 11.2. The topological polar surface area (TPSA) is 68.0 Å². The molecule has 0 spiro atoms. The monoisotopic (exact) mass is 309 g/mol. The molecule has 23 heavy (non-hydrogen) atoms. The number of hydrogen-bond donors (Lipinski definition) is 2. The van der Waals surface area contributed by atoms with Crippen molar-refractivity contribution in [2.45, 2.75) is 38.1 Å². The number of carbonyl (C=O) groups excluding carboxylic acids is 1. The van der Waals surface area contributed by atoms with Gasteiger partial charge in [0.2, 0.25) is 5.91 Å². The van der Waals surface area contributed by atoms with Gasteiger partial charge >= 0.3 is 0 Å². The van der Waals surface area contributed by atoms with E-state index in [0.717, 1.165) is 37.8 Å². The Bertz CT molecular complexity index is 639. The van der Waals surface area contributed by atoms with Crippen LogP contribution in [0, 0.1) is 5.92 Å². The summed E-state index contributed by atoms with van der Waals surface area (Å²) in [7, 11) is 0. The lowest BCUT2D eigenvalue weighted by Crippen LogP contribution is -2.34. The largest absolute Gasteiger partial charge is 0.328 e. The van der Waals surface area contributed by atoms with Crippen molar-refractivity contribution in [2.24, 2.45) is 11.7 Å². The third-order valence-electron chi connectivity index (χ3n) is 4.46. The molecule has 4 heteroatoms. The molecule has 2 atom stereocenters. The van der Waals surface area contributed by atoms with Crippen LogP contribution < -0.4 is 11.1 Å². The third-order valence-corrected chi connectivity index (χ3v) is 4.46. The minimum absolute atomic E-state index is 0.0512. The molecule has 1 heterocycles. The van der Waals surface area contributed by atoms with Crippen molar-refractivity contribution in [1.29, 1.82) is 0 Å². The van der Waals surface area contributed by atoms with Crippen LogP contribution >= 0.6 is 0 Å². The van der Waals surface area contributed by atoms with Crippen LogP contribution in [0.4, 0.5) is 5.69 Å². The molecule has 2 unspecified atom stereocenters. The molecule has 1 fully saturated rings. The quantitative estimate of drug-likeness (QED) is 0.911. The second-order valence-electron chi connectivity index (χ2n) is 6.34. The van der Waals surface area contributed by atoms with Gasteiger partial charge in [0.05, 0.1) is 0 Å². The Morgan fingerprint density at radius 1 is 1.09 bits per heavy atom. The number of rotatable bonds is 4. The molecule has 0 saturated heterocycles. The van der Waals surface area contributed by atoms with Gasteiger partial charge in [0.1, 0.15) is 0 Å². The van der Waals surface area contributed by atoms with Gasteiger partial charge in [-0.2, -0.15) is 0 Å². The predicted octanol–water partition coefficient (Wildman–Crippen LogP) is 3.13. The number of nitrogens with zero attached hydrogens (tertiary/aromatic N) is 1. The average molecular weight is 309 g/mol. The van der Waals surface area contributed by atoms with Gasteiger partial charge in [-0.15, -0.1) is 0 Å². The zero-order chi connectivity index (χ0) is 16.1. The Hall–Kier alpha value is -2.20. The molecule has 0 aliphatic heterocycles. The zero-order valence-electron chi connectivity index (χ0n) is 13.2. The van der Waals surface area contributed by atoms with Gasteiger partial charge in [0.15, 0.2) is 0 Å². The lowest BCUT2D eigenvalue weighted by atomic mass is 9.85. The van der Waals surface area contributed by atoms with Crippen molar-refractivity contribution >= 4 is 11.6 Å². The van der Waals surface area contributed by atoms with E-state index in [-0.39, 0.29) is 17.9 Å². The summed E-state index contributed by atoms with van der Waals surface area (Å²) in [5.74, 6) is 0.150. The number of nitrogens with one attached hydrogen (secondary N) is 1. The Kier molecular flexibility index (Phi) is 5.03. The normalized spacial score (nSPS) is 20.9. The molecule has 1 aliphatic rings. The van der Waals surface area contributed by atoms with Gasteiger partial charge in [-0.3, -0.25) is 9.78 Å². The van der Waals surface area contributed by atoms with Crippen LogP contribution in [0.2, 0.25) is 0 Å². The highest BCUT2D eigenvalue weighted by Crippen LogP contribution is 2.24.